The molecule has 0 bridgehead atoms. The summed E-state index contributed by atoms with van der Waals surface area (Å²) < 4.78 is 28.4. The Balaban J connectivity index is 1.82. The van der Waals surface area contributed by atoms with E-state index in [1.54, 1.807) is 66.4 Å². The molecule has 0 saturated carbocycles. The maximum Gasteiger partial charge on any atom is 0.264 e. The number of carbonyl (C=O) groups is 1. The normalized spacial score (nSPS) is 11.3. The van der Waals surface area contributed by atoms with E-state index in [2.05, 4.69) is 22.4 Å². The van der Waals surface area contributed by atoms with Crippen LogP contribution in [0.5, 0.6) is 0 Å². The number of carbonyl (C=O) groups excluding carboxylic acids is 1. The van der Waals surface area contributed by atoms with Gasteiger partial charge in [-0.3, -0.25) is 14.4 Å². The van der Waals surface area contributed by atoms with Crippen molar-refractivity contribution in [2.45, 2.75) is 29.5 Å². The predicted octanol–water partition coefficient (Wildman–Crippen LogP) is 4.18. The summed E-state index contributed by atoms with van der Waals surface area (Å²) in [6.07, 6.45) is 1.01. The van der Waals surface area contributed by atoms with Crippen LogP contribution in [0.4, 0.5) is 10.8 Å². The molecule has 2 aromatic carbocycles. The largest absolute Gasteiger partial charge is 0.299 e. The van der Waals surface area contributed by atoms with Gasteiger partial charge in [-0.05, 0) is 37.6 Å². The Kier molecular flexibility index (Phi) is 7.46. The lowest BCUT2D eigenvalue weighted by Gasteiger charge is -2.23. The fourth-order valence-corrected chi connectivity index (χ4v) is 5.66. The van der Waals surface area contributed by atoms with Crippen LogP contribution in [0.2, 0.25) is 0 Å². The van der Waals surface area contributed by atoms with Crippen LogP contribution < -0.4 is 9.62 Å². The zero-order valence-corrected chi connectivity index (χ0v) is 19.1. The Morgan fingerprint density at radius 3 is 2.47 bits per heavy atom. The molecule has 0 radical (unpaired) electrons. The average molecular weight is 463 g/mol. The highest BCUT2D eigenvalue weighted by molar-refractivity contribution is 8.01. The third kappa shape index (κ3) is 5.59. The number of para-hydroxylation sites is 1. The second-order valence-electron chi connectivity index (χ2n) is 6.43. The number of aromatic nitrogens is 2. The number of benzene rings is 2. The Labute approximate surface area is 184 Å². The van der Waals surface area contributed by atoms with E-state index in [9.17, 15) is 13.2 Å². The van der Waals surface area contributed by atoms with E-state index >= 15 is 0 Å². The van der Waals surface area contributed by atoms with Gasteiger partial charge in [0, 0.05) is 5.75 Å². The van der Waals surface area contributed by atoms with E-state index < -0.39 is 15.9 Å². The first-order valence-corrected chi connectivity index (χ1v) is 12.5. The smallest absolute Gasteiger partial charge is 0.264 e. The number of nitrogens with zero attached hydrogens (tertiary/aromatic N) is 3. The summed E-state index contributed by atoms with van der Waals surface area (Å²) in [5.74, 6) is 0.428. The van der Waals surface area contributed by atoms with Gasteiger partial charge >= 0.3 is 0 Å². The molecule has 30 heavy (non-hydrogen) atoms. The van der Waals surface area contributed by atoms with Crippen molar-refractivity contribution in [2.75, 3.05) is 21.9 Å². The number of anilines is 2. The summed E-state index contributed by atoms with van der Waals surface area (Å²) in [5, 5.41) is 11.0. The van der Waals surface area contributed by atoms with Gasteiger partial charge in [-0.2, -0.15) is 0 Å². The second kappa shape index (κ2) is 10.1. The minimum Gasteiger partial charge on any atom is -0.299 e. The summed E-state index contributed by atoms with van der Waals surface area (Å²) >= 11 is 2.84. The van der Waals surface area contributed by atoms with Crippen molar-refractivity contribution in [1.29, 1.82) is 0 Å². The van der Waals surface area contributed by atoms with Crippen LogP contribution in [0.25, 0.3) is 0 Å². The van der Waals surface area contributed by atoms with Crippen LogP contribution in [0.15, 0.2) is 63.8 Å². The van der Waals surface area contributed by atoms with Gasteiger partial charge in [-0.15, -0.1) is 10.2 Å². The van der Waals surface area contributed by atoms with Crippen LogP contribution in [-0.4, -0.2) is 36.8 Å². The van der Waals surface area contributed by atoms with E-state index in [4.69, 9.17) is 0 Å². The van der Waals surface area contributed by atoms with Crippen molar-refractivity contribution in [3.63, 3.8) is 0 Å². The number of thioether (sulfide) groups is 1. The predicted molar refractivity (Wildman–Crippen MR) is 122 cm³/mol. The number of aryl methyl sites for hydroxylation is 1. The first kappa shape index (κ1) is 22.3. The molecule has 0 fully saturated rings. The SMILES string of the molecule is CCCSc1nnc(NC(=O)CN(c2ccccc2)S(=O)(=O)c2ccc(C)cc2)s1. The number of rotatable bonds is 9. The molecule has 7 nitrogen and oxygen atoms in total. The number of hydrogen-bond donors (Lipinski definition) is 1. The molecular formula is C20H22N4O3S3. The van der Waals surface area contributed by atoms with Crippen molar-refractivity contribution in [2.24, 2.45) is 0 Å². The van der Waals surface area contributed by atoms with Gasteiger partial charge in [-0.1, -0.05) is 65.9 Å². The van der Waals surface area contributed by atoms with E-state index in [0.29, 0.717) is 10.8 Å². The van der Waals surface area contributed by atoms with Crippen LogP contribution in [-0.2, 0) is 14.8 Å². The Morgan fingerprint density at radius 2 is 1.80 bits per heavy atom. The van der Waals surface area contributed by atoms with Crippen molar-refractivity contribution in [3.05, 3.63) is 60.2 Å². The van der Waals surface area contributed by atoms with Crippen molar-refractivity contribution < 1.29 is 13.2 Å². The highest BCUT2D eigenvalue weighted by Crippen LogP contribution is 2.27. The number of hydrogen-bond acceptors (Lipinski definition) is 7. The molecule has 3 rings (SSSR count). The number of sulfonamides is 1. The monoisotopic (exact) mass is 462 g/mol. The molecule has 0 saturated heterocycles. The molecule has 0 spiro atoms. The van der Waals surface area contributed by atoms with Gasteiger partial charge in [0.25, 0.3) is 10.0 Å². The molecule has 0 unspecified atom stereocenters. The third-order valence-electron chi connectivity index (χ3n) is 4.02. The fourth-order valence-electron chi connectivity index (χ4n) is 2.54. The van der Waals surface area contributed by atoms with Crippen LogP contribution in [0.1, 0.15) is 18.9 Å². The van der Waals surface area contributed by atoms with Crippen LogP contribution in [0.3, 0.4) is 0 Å². The maximum absolute atomic E-state index is 13.3. The summed E-state index contributed by atoms with van der Waals surface area (Å²) in [5.41, 5.74) is 1.36. The molecule has 1 amide bonds. The standard InChI is InChI=1S/C20H22N4O3S3/c1-3-13-28-20-23-22-19(29-20)21-18(25)14-24(16-7-5-4-6-8-16)30(26,27)17-11-9-15(2)10-12-17/h4-12H,3,13-14H2,1-2H3,(H,21,22,25). The lowest BCUT2D eigenvalue weighted by atomic mass is 10.2. The molecular weight excluding hydrogens is 440 g/mol. The average Bonchev–Trinajstić information content (AvgIpc) is 3.18. The molecule has 1 N–H and O–H groups in total. The third-order valence-corrected chi connectivity index (χ3v) is 7.99. The van der Waals surface area contributed by atoms with Crippen molar-refractivity contribution >= 4 is 49.8 Å². The molecule has 158 valence electrons. The molecule has 0 aliphatic carbocycles. The Morgan fingerprint density at radius 1 is 1.10 bits per heavy atom. The molecule has 0 aliphatic heterocycles. The summed E-state index contributed by atoms with van der Waals surface area (Å²) in [7, 11) is -3.93. The molecule has 1 heterocycles. The molecule has 1 aromatic heterocycles. The molecule has 0 aliphatic rings. The van der Waals surface area contributed by atoms with Crippen molar-refractivity contribution in [3.8, 4) is 0 Å². The molecule has 0 atom stereocenters. The van der Waals surface area contributed by atoms with Gasteiger partial charge < -0.3 is 0 Å². The minimum atomic E-state index is -3.93. The first-order valence-electron chi connectivity index (χ1n) is 9.30. The highest BCUT2D eigenvalue weighted by Gasteiger charge is 2.27. The zero-order valence-electron chi connectivity index (χ0n) is 16.6. The summed E-state index contributed by atoms with van der Waals surface area (Å²) in [6.45, 7) is 3.58. The lowest BCUT2D eigenvalue weighted by Crippen LogP contribution is -2.38. The van der Waals surface area contributed by atoms with E-state index in [0.717, 1.165) is 26.4 Å². The van der Waals surface area contributed by atoms with Gasteiger partial charge in [0.1, 0.15) is 6.54 Å². The van der Waals surface area contributed by atoms with Crippen molar-refractivity contribution in [1.82, 2.24) is 10.2 Å². The van der Waals surface area contributed by atoms with Gasteiger partial charge in [-0.25, -0.2) is 8.42 Å². The molecule has 10 heteroatoms. The van der Waals surface area contributed by atoms with E-state index in [-0.39, 0.29) is 11.4 Å². The quantitative estimate of drug-likeness (QED) is 0.379. The highest BCUT2D eigenvalue weighted by atomic mass is 32.2. The maximum atomic E-state index is 13.3. The number of nitrogens with one attached hydrogen (secondary N) is 1. The molecule has 3 aromatic rings. The number of amides is 1. The summed E-state index contributed by atoms with van der Waals surface area (Å²) in [4.78, 5) is 12.8. The topological polar surface area (TPSA) is 92.3 Å². The Bertz CT molecular complexity index is 1080. The zero-order chi connectivity index (χ0) is 21.6. The lowest BCUT2D eigenvalue weighted by molar-refractivity contribution is -0.114. The second-order valence-corrected chi connectivity index (χ2v) is 10.6. The van der Waals surface area contributed by atoms with Gasteiger partial charge in [0.15, 0.2) is 4.34 Å². The van der Waals surface area contributed by atoms with Gasteiger partial charge in [0.2, 0.25) is 11.0 Å². The van der Waals surface area contributed by atoms with Gasteiger partial charge in [0.05, 0.1) is 10.6 Å². The van der Waals surface area contributed by atoms with Crippen LogP contribution >= 0.6 is 23.1 Å². The minimum absolute atomic E-state index is 0.124. The fraction of sp³-hybridized carbons (Fsp3) is 0.250. The first-order chi connectivity index (χ1) is 14.4. The van der Waals surface area contributed by atoms with E-state index in [1.165, 1.54) is 11.3 Å². The van der Waals surface area contributed by atoms with Crippen LogP contribution in [0, 0.1) is 6.92 Å². The summed E-state index contributed by atoms with van der Waals surface area (Å²) in [6, 6.07) is 15.1. The van der Waals surface area contributed by atoms with E-state index in [1.807, 2.05) is 6.92 Å². The Hall–Kier alpha value is -2.43.